The highest BCUT2D eigenvalue weighted by atomic mass is 127. The topological polar surface area (TPSA) is 72.2 Å². The van der Waals surface area contributed by atoms with Crippen LogP contribution < -0.4 is 5.32 Å². The standard InChI is InChI=1S/C13H7ClFIN2O3/c14-9-5-7(1-4-11(9)16)13(19)17-12-6-8(18(20)21)2-3-10(12)15/h1-6H,(H,17,19). The number of carbonyl (C=O) groups excluding carboxylic acids is 1. The molecule has 0 atom stereocenters. The lowest BCUT2D eigenvalue weighted by molar-refractivity contribution is -0.384. The van der Waals surface area contributed by atoms with Crippen LogP contribution in [0.2, 0.25) is 5.02 Å². The minimum atomic E-state index is -0.759. The predicted octanol–water partition coefficient (Wildman–Crippen LogP) is 4.24. The van der Waals surface area contributed by atoms with Crippen LogP contribution in [0.15, 0.2) is 36.4 Å². The van der Waals surface area contributed by atoms with E-state index in [2.05, 4.69) is 5.32 Å². The molecule has 1 N–H and O–H groups in total. The number of hydrogen-bond acceptors (Lipinski definition) is 3. The minimum Gasteiger partial charge on any atom is -0.319 e. The smallest absolute Gasteiger partial charge is 0.271 e. The van der Waals surface area contributed by atoms with Gasteiger partial charge in [0, 0.05) is 21.3 Å². The highest BCUT2D eigenvalue weighted by molar-refractivity contribution is 14.1. The lowest BCUT2D eigenvalue weighted by atomic mass is 10.2. The summed E-state index contributed by atoms with van der Waals surface area (Å²) in [6, 6.07) is 7.51. The third kappa shape index (κ3) is 3.67. The first-order valence-electron chi connectivity index (χ1n) is 5.59. The molecule has 1 amide bonds. The summed E-state index contributed by atoms with van der Waals surface area (Å²) in [5.41, 5.74) is -0.345. The van der Waals surface area contributed by atoms with E-state index in [4.69, 9.17) is 11.6 Å². The van der Waals surface area contributed by atoms with Gasteiger partial charge in [-0.15, -0.1) is 0 Å². The Morgan fingerprint density at radius 3 is 2.62 bits per heavy atom. The summed E-state index contributed by atoms with van der Waals surface area (Å²) in [5.74, 6) is -1.36. The van der Waals surface area contributed by atoms with Gasteiger partial charge >= 0.3 is 0 Å². The third-order valence-corrected chi connectivity index (χ3v) is 4.16. The number of benzene rings is 2. The van der Waals surface area contributed by atoms with Crippen LogP contribution >= 0.6 is 34.2 Å². The average Bonchev–Trinajstić information content (AvgIpc) is 2.43. The molecule has 8 heteroatoms. The largest absolute Gasteiger partial charge is 0.319 e. The maximum Gasteiger partial charge on any atom is 0.271 e. The first kappa shape index (κ1) is 15.6. The first-order valence-corrected chi connectivity index (χ1v) is 7.04. The quantitative estimate of drug-likeness (QED) is 0.458. The molecular weight excluding hydrogens is 414 g/mol. The molecule has 108 valence electrons. The Morgan fingerprint density at radius 2 is 2.00 bits per heavy atom. The van der Waals surface area contributed by atoms with E-state index in [0.717, 1.165) is 21.8 Å². The van der Waals surface area contributed by atoms with Gasteiger partial charge in [0.2, 0.25) is 0 Å². The van der Waals surface area contributed by atoms with Crippen LogP contribution in [0.3, 0.4) is 0 Å². The Kier molecular flexibility index (Phi) is 4.73. The summed E-state index contributed by atoms with van der Waals surface area (Å²) in [6.07, 6.45) is 0. The zero-order chi connectivity index (χ0) is 15.6. The second kappa shape index (κ2) is 6.35. The van der Waals surface area contributed by atoms with Crippen molar-refractivity contribution in [3.05, 3.63) is 66.5 Å². The SMILES string of the molecule is O=C(Nc1cc([N+](=O)[O-])ccc1F)c1ccc(I)c(Cl)c1. The molecule has 0 aromatic heterocycles. The summed E-state index contributed by atoms with van der Waals surface area (Å²) in [5, 5.41) is 13.3. The fraction of sp³-hybridized carbons (Fsp3) is 0. The molecule has 2 aromatic carbocycles. The lowest BCUT2D eigenvalue weighted by Gasteiger charge is -2.07. The molecule has 2 rings (SSSR count). The van der Waals surface area contributed by atoms with Gasteiger partial charge in [0.15, 0.2) is 0 Å². The van der Waals surface area contributed by atoms with Crippen molar-refractivity contribution in [1.29, 1.82) is 0 Å². The summed E-state index contributed by atoms with van der Waals surface area (Å²) < 4.78 is 14.4. The zero-order valence-electron chi connectivity index (χ0n) is 10.3. The van der Waals surface area contributed by atoms with Crippen molar-refractivity contribution >= 4 is 51.5 Å². The Balaban J connectivity index is 2.28. The van der Waals surface area contributed by atoms with E-state index in [0.29, 0.717) is 5.02 Å². The van der Waals surface area contributed by atoms with Crippen LogP contribution in [0.1, 0.15) is 10.4 Å². The van der Waals surface area contributed by atoms with Crippen molar-refractivity contribution in [3.63, 3.8) is 0 Å². The molecule has 21 heavy (non-hydrogen) atoms. The van der Waals surface area contributed by atoms with Gasteiger partial charge < -0.3 is 5.32 Å². The molecule has 0 saturated carbocycles. The van der Waals surface area contributed by atoms with Crippen molar-refractivity contribution in [1.82, 2.24) is 0 Å². The summed E-state index contributed by atoms with van der Waals surface area (Å²) in [7, 11) is 0. The van der Waals surface area contributed by atoms with E-state index in [9.17, 15) is 19.3 Å². The van der Waals surface area contributed by atoms with E-state index >= 15 is 0 Å². The molecule has 0 heterocycles. The number of carbonyl (C=O) groups is 1. The second-order valence-corrected chi connectivity index (χ2v) is 5.57. The summed E-state index contributed by atoms with van der Waals surface area (Å²) in [4.78, 5) is 22.0. The Morgan fingerprint density at radius 1 is 1.29 bits per heavy atom. The van der Waals surface area contributed by atoms with Crippen LogP contribution in [0.25, 0.3) is 0 Å². The van der Waals surface area contributed by atoms with Crippen molar-refractivity contribution in [2.24, 2.45) is 0 Å². The zero-order valence-corrected chi connectivity index (χ0v) is 13.2. The molecule has 0 spiro atoms. The lowest BCUT2D eigenvalue weighted by Crippen LogP contribution is -2.13. The number of halogens is 3. The van der Waals surface area contributed by atoms with E-state index in [1.807, 2.05) is 22.6 Å². The molecule has 0 unspecified atom stereocenters. The average molecular weight is 421 g/mol. The van der Waals surface area contributed by atoms with Crippen LogP contribution in [-0.4, -0.2) is 10.8 Å². The maximum absolute atomic E-state index is 13.6. The molecule has 0 radical (unpaired) electrons. The molecule has 0 aliphatic heterocycles. The Hall–Kier alpha value is -1.74. The first-order chi connectivity index (χ1) is 9.88. The van der Waals surface area contributed by atoms with Gasteiger partial charge in [-0.05, 0) is 46.9 Å². The van der Waals surface area contributed by atoms with E-state index < -0.39 is 16.6 Å². The highest BCUT2D eigenvalue weighted by Gasteiger charge is 2.14. The van der Waals surface area contributed by atoms with Crippen LogP contribution in [0.4, 0.5) is 15.8 Å². The number of non-ortho nitro benzene ring substituents is 1. The molecule has 0 bridgehead atoms. The van der Waals surface area contributed by atoms with E-state index in [1.165, 1.54) is 12.1 Å². The molecule has 0 aliphatic rings. The summed E-state index contributed by atoms with van der Waals surface area (Å²) >= 11 is 7.91. The van der Waals surface area contributed by atoms with Crippen LogP contribution in [0.5, 0.6) is 0 Å². The van der Waals surface area contributed by atoms with Gasteiger partial charge in [-0.25, -0.2) is 4.39 Å². The molecule has 5 nitrogen and oxygen atoms in total. The number of nitro groups is 1. The monoisotopic (exact) mass is 420 g/mol. The van der Waals surface area contributed by atoms with Gasteiger partial charge in [0.05, 0.1) is 15.6 Å². The highest BCUT2D eigenvalue weighted by Crippen LogP contribution is 2.23. The van der Waals surface area contributed by atoms with E-state index in [-0.39, 0.29) is 16.9 Å². The third-order valence-electron chi connectivity index (χ3n) is 2.59. The summed E-state index contributed by atoms with van der Waals surface area (Å²) in [6.45, 7) is 0. The Bertz CT molecular complexity index is 739. The number of rotatable bonds is 3. The van der Waals surface area contributed by atoms with Crippen molar-refractivity contribution in [2.75, 3.05) is 5.32 Å². The van der Waals surface area contributed by atoms with Gasteiger partial charge in [0.1, 0.15) is 5.82 Å². The number of hydrogen-bond donors (Lipinski definition) is 1. The number of anilines is 1. The number of nitro benzene ring substituents is 1. The fourth-order valence-corrected chi connectivity index (χ4v) is 2.07. The molecule has 0 fully saturated rings. The molecule has 0 aliphatic carbocycles. The van der Waals surface area contributed by atoms with Crippen molar-refractivity contribution in [2.45, 2.75) is 0 Å². The van der Waals surface area contributed by atoms with Gasteiger partial charge in [-0.1, -0.05) is 11.6 Å². The normalized spacial score (nSPS) is 10.2. The molecule has 0 saturated heterocycles. The fourth-order valence-electron chi connectivity index (χ4n) is 1.55. The number of nitrogens with zero attached hydrogens (tertiary/aromatic N) is 1. The van der Waals surface area contributed by atoms with E-state index in [1.54, 1.807) is 6.07 Å². The number of nitrogens with one attached hydrogen (secondary N) is 1. The second-order valence-electron chi connectivity index (χ2n) is 4.00. The van der Waals surface area contributed by atoms with Crippen molar-refractivity contribution < 1.29 is 14.1 Å². The number of amides is 1. The van der Waals surface area contributed by atoms with Gasteiger partial charge in [-0.2, -0.15) is 0 Å². The van der Waals surface area contributed by atoms with Crippen LogP contribution in [0, 0.1) is 19.5 Å². The van der Waals surface area contributed by atoms with Crippen LogP contribution in [-0.2, 0) is 0 Å². The minimum absolute atomic E-state index is 0.228. The molecular formula is C13H7ClFIN2O3. The maximum atomic E-state index is 13.6. The predicted molar refractivity (Wildman–Crippen MR) is 85.2 cm³/mol. The van der Waals surface area contributed by atoms with Crippen molar-refractivity contribution in [3.8, 4) is 0 Å². The Labute approximate surface area is 137 Å². The van der Waals surface area contributed by atoms with Gasteiger partial charge in [-0.3, -0.25) is 14.9 Å². The van der Waals surface area contributed by atoms with Gasteiger partial charge in [0.25, 0.3) is 11.6 Å². The molecule has 2 aromatic rings.